The van der Waals surface area contributed by atoms with Crippen LogP contribution in [0.5, 0.6) is 0 Å². The molecule has 0 fully saturated rings. The minimum atomic E-state index is -1.26. The molecule has 13 heavy (non-hydrogen) atoms. The van der Waals surface area contributed by atoms with Gasteiger partial charge in [0.05, 0.1) is 11.1 Å². The van der Waals surface area contributed by atoms with Crippen LogP contribution in [0.3, 0.4) is 0 Å². The normalized spacial score (nSPS) is 9.54. The van der Waals surface area contributed by atoms with E-state index in [0.717, 1.165) is 0 Å². The van der Waals surface area contributed by atoms with Crippen LogP contribution in [0.2, 0.25) is 0 Å². The van der Waals surface area contributed by atoms with E-state index in [9.17, 15) is 9.59 Å². The average molecular weight is 180 g/mol. The van der Waals surface area contributed by atoms with Crippen LogP contribution in [0.25, 0.3) is 0 Å². The van der Waals surface area contributed by atoms with Crippen molar-refractivity contribution in [3.63, 3.8) is 0 Å². The Morgan fingerprint density at radius 3 is 2.31 bits per heavy atom. The number of carboxylic acids is 1. The van der Waals surface area contributed by atoms with Crippen LogP contribution in [-0.2, 0) is 0 Å². The smallest absolute Gasteiger partial charge is 0.338 e. The van der Waals surface area contributed by atoms with Crippen molar-refractivity contribution in [2.75, 3.05) is 5.73 Å². The van der Waals surface area contributed by atoms with Gasteiger partial charge in [-0.3, -0.25) is 4.79 Å². The number of aromatic carboxylic acids is 1. The Morgan fingerprint density at radius 2 is 1.92 bits per heavy atom. The third kappa shape index (κ3) is 1.58. The van der Waals surface area contributed by atoms with E-state index in [1.165, 1.54) is 18.2 Å². The van der Waals surface area contributed by atoms with E-state index in [0.29, 0.717) is 0 Å². The molecule has 1 aromatic carbocycles. The summed E-state index contributed by atoms with van der Waals surface area (Å²) in [5.74, 6) is -2.06. The molecule has 0 heterocycles. The number of amides is 1. The van der Waals surface area contributed by atoms with Crippen LogP contribution in [-0.4, -0.2) is 17.0 Å². The van der Waals surface area contributed by atoms with Gasteiger partial charge in [-0.15, -0.1) is 0 Å². The van der Waals surface area contributed by atoms with Crippen LogP contribution >= 0.6 is 0 Å². The highest BCUT2D eigenvalue weighted by Gasteiger charge is 2.16. The topological polar surface area (TPSA) is 106 Å². The minimum absolute atomic E-state index is 0.0313. The molecule has 0 unspecified atom stereocenters. The van der Waals surface area contributed by atoms with Gasteiger partial charge in [0.15, 0.2) is 0 Å². The number of nitrogens with two attached hydrogens (primary N) is 2. The standard InChI is InChI=1S/C8H8N2O3/c9-5-3-1-2-4(7(10)11)6(5)8(12)13/h1-3H,9H2,(H2,10,11)(H,12,13). The van der Waals surface area contributed by atoms with Crippen molar-refractivity contribution in [1.82, 2.24) is 0 Å². The first-order valence-electron chi connectivity index (χ1n) is 3.45. The van der Waals surface area contributed by atoms with Crippen molar-refractivity contribution in [3.8, 4) is 0 Å². The molecule has 68 valence electrons. The zero-order valence-electron chi connectivity index (χ0n) is 6.65. The molecule has 0 spiro atoms. The lowest BCUT2D eigenvalue weighted by atomic mass is 10.1. The van der Waals surface area contributed by atoms with Gasteiger partial charge in [-0.25, -0.2) is 4.79 Å². The number of rotatable bonds is 2. The van der Waals surface area contributed by atoms with Crippen LogP contribution in [0.15, 0.2) is 18.2 Å². The maximum Gasteiger partial charge on any atom is 0.338 e. The summed E-state index contributed by atoms with van der Waals surface area (Å²) in [5.41, 5.74) is 10.0. The van der Waals surface area contributed by atoms with Gasteiger partial charge in [0.2, 0.25) is 5.91 Å². The summed E-state index contributed by atoms with van der Waals surface area (Å²) < 4.78 is 0. The first-order chi connectivity index (χ1) is 6.04. The predicted molar refractivity (Wildman–Crippen MR) is 46.3 cm³/mol. The van der Waals surface area contributed by atoms with Gasteiger partial charge in [0, 0.05) is 5.69 Å². The molecule has 0 aliphatic heterocycles. The highest BCUT2D eigenvalue weighted by atomic mass is 16.4. The maximum absolute atomic E-state index is 10.8. The monoisotopic (exact) mass is 180 g/mol. The fourth-order valence-corrected chi connectivity index (χ4v) is 1.01. The van der Waals surface area contributed by atoms with Crippen LogP contribution in [0, 0.1) is 0 Å². The molecular weight excluding hydrogens is 172 g/mol. The molecule has 0 radical (unpaired) electrons. The van der Waals surface area contributed by atoms with Crippen LogP contribution < -0.4 is 11.5 Å². The molecule has 0 saturated heterocycles. The summed E-state index contributed by atoms with van der Waals surface area (Å²) in [6.45, 7) is 0. The Morgan fingerprint density at radius 1 is 1.31 bits per heavy atom. The second-order valence-corrected chi connectivity index (χ2v) is 2.44. The molecule has 1 aromatic rings. The minimum Gasteiger partial charge on any atom is -0.478 e. The molecule has 5 nitrogen and oxygen atoms in total. The lowest BCUT2D eigenvalue weighted by molar-refractivity contribution is 0.0693. The molecule has 0 bridgehead atoms. The molecule has 5 heteroatoms. The number of hydrogen-bond donors (Lipinski definition) is 3. The number of hydrogen-bond acceptors (Lipinski definition) is 3. The molecule has 1 amide bonds. The number of benzene rings is 1. The Hall–Kier alpha value is -2.04. The molecular formula is C8H8N2O3. The highest BCUT2D eigenvalue weighted by molar-refractivity contribution is 6.07. The zero-order chi connectivity index (χ0) is 10.0. The van der Waals surface area contributed by atoms with Crippen molar-refractivity contribution in [2.24, 2.45) is 5.73 Å². The van der Waals surface area contributed by atoms with Crippen LogP contribution in [0.1, 0.15) is 20.7 Å². The van der Waals surface area contributed by atoms with E-state index >= 15 is 0 Å². The number of carbonyl (C=O) groups is 2. The van der Waals surface area contributed by atoms with Gasteiger partial charge >= 0.3 is 5.97 Å². The fourth-order valence-electron chi connectivity index (χ4n) is 1.01. The largest absolute Gasteiger partial charge is 0.478 e. The third-order valence-electron chi connectivity index (χ3n) is 1.58. The van der Waals surface area contributed by atoms with Gasteiger partial charge in [-0.2, -0.15) is 0 Å². The lowest BCUT2D eigenvalue weighted by Crippen LogP contribution is -2.17. The van der Waals surface area contributed by atoms with E-state index in [2.05, 4.69) is 0 Å². The average Bonchev–Trinajstić information content (AvgIpc) is 2.02. The molecule has 0 aliphatic carbocycles. The summed E-state index contributed by atoms with van der Waals surface area (Å²) in [7, 11) is 0. The van der Waals surface area contributed by atoms with Crippen molar-refractivity contribution in [2.45, 2.75) is 0 Å². The molecule has 0 aromatic heterocycles. The quantitative estimate of drug-likeness (QED) is 0.559. The van der Waals surface area contributed by atoms with Gasteiger partial charge in [-0.1, -0.05) is 6.07 Å². The maximum atomic E-state index is 10.8. The number of primary amides is 1. The second kappa shape index (κ2) is 3.14. The molecule has 0 aliphatic rings. The van der Waals surface area contributed by atoms with Gasteiger partial charge in [-0.05, 0) is 12.1 Å². The number of anilines is 1. The van der Waals surface area contributed by atoms with E-state index < -0.39 is 11.9 Å². The molecule has 0 saturated carbocycles. The summed E-state index contributed by atoms with van der Waals surface area (Å²) in [6.07, 6.45) is 0. The summed E-state index contributed by atoms with van der Waals surface area (Å²) in [4.78, 5) is 21.4. The second-order valence-electron chi connectivity index (χ2n) is 2.44. The molecule has 1 rings (SSSR count). The van der Waals surface area contributed by atoms with Crippen molar-refractivity contribution >= 4 is 17.6 Å². The number of carboxylic acid groups (broad SMARTS) is 1. The zero-order valence-corrected chi connectivity index (χ0v) is 6.65. The Labute approximate surface area is 74.0 Å². The predicted octanol–water partition coefficient (Wildman–Crippen LogP) is 0.0659. The van der Waals surface area contributed by atoms with E-state index in [1.54, 1.807) is 0 Å². The third-order valence-corrected chi connectivity index (χ3v) is 1.58. The molecule has 5 N–H and O–H groups in total. The Balaban J connectivity index is 3.43. The fraction of sp³-hybridized carbons (Fsp3) is 0. The first kappa shape index (κ1) is 9.05. The Kier molecular flexibility index (Phi) is 2.19. The van der Waals surface area contributed by atoms with Gasteiger partial charge < -0.3 is 16.6 Å². The van der Waals surface area contributed by atoms with Crippen molar-refractivity contribution < 1.29 is 14.7 Å². The number of carbonyl (C=O) groups excluding carboxylic acids is 1. The van der Waals surface area contributed by atoms with E-state index in [4.69, 9.17) is 16.6 Å². The first-order valence-corrected chi connectivity index (χ1v) is 3.45. The Bertz CT molecular complexity index is 374. The SMILES string of the molecule is NC(=O)c1cccc(N)c1C(=O)O. The van der Waals surface area contributed by atoms with E-state index in [-0.39, 0.29) is 16.8 Å². The molecule has 0 atom stereocenters. The van der Waals surface area contributed by atoms with Crippen LogP contribution in [0.4, 0.5) is 5.69 Å². The van der Waals surface area contributed by atoms with Crippen molar-refractivity contribution in [1.29, 1.82) is 0 Å². The van der Waals surface area contributed by atoms with Crippen molar-refractivity contribution in [3.05, 3.63) is 29.3 Å². The number of nitrogen functional groups attached to an aromatic ring is 1. The summed E-state index contributed by atoms with van der Waals surface area (Å²) in [5, 5.41) is 8.71. The summed E-state index contributed by atoms with van der Waals surface area (Å²) >= 11 is 0. The highest BCUT2D eigenvalue weighted by Crippen LogP contribution is 2.16. The van der Waals surface area contributed by atoms with Gasteiger partial charge in [0.25, 0.3) is 0 Å². The van der Waals surface area contributed by atoms with E-state index in [1.807, 2.05) is 0 Å². The summed E-state index contributed by atoms with van der Waals surface area (Å²) in [6, 6.07) is 4.19. The van der Waals surface area contributed by atoms with Gasteiger partial charge in [0.1, 0.15) is 0 Å². The lowest BCUT2D eigenvalue weighted by Gasteiger charge is -2.04.